The van der Waals surface area contributed by atoms with Crippen molar-refractivity contribution in [3.63, 3.8) is 0 Å². The lowest BCUT2D eigenvalue weighted by Gasteiger charge is -2.09. The molecule has 7 heteroatoms. The Labute approximate surface area is 267 Å². The molecule has 0 aliphatic carbocycles. The van der Waals surface area contributed by atoms with Crippen LogP contribution in [0.5, 0.6) is 0 Å². The molecule has 0 aliphatic heterocycles. The molecule has 0 radical (unpaired) electrons. The monoisotopic (exact) mass is 601 g/mol. The zero-order valence-electron chi connectivity index (χ0n) is 24.9. The Kier molecular flexibility index (Phi) is 5.44. The lowest BCUT2D eigenvalue weighted by atomic mass is 10.1. The van der Waals surface area contributed by atoms with Crippen LogP contribution in [0.3, 0.4) is 0 Å². The molecule has 0 spiro atoms. The molecule has 0 atom stereocenters. The van der Waals surface area contributed by atoms with Crippen molar-refractivity contribution < 1.29 is 0 Å². The summed E-state index contributed by atoms with van der Waals surface area (Å²) in [6, 6.07) is 41.3. The van der Waals surface area contributed by atoms with Crippen molar-refractivity contribution in [2.75, 3.05) is 0 Å². The molecular weight excluding hydrogens is 578 g/mol. The van der Waals surface area contributed by atoms with Crippen molar-refractivity contribution in [2.45, 2.75) is 0 Å². The first-order valence-electron chi connectivity index (χ1n) is 15.4. The third-order valence-electron chi connectivity index (χ3n) is 8.91. The van der Waals surface area contributed by atoms with Crippen molar-refractivity contribution in [3.8, 4) is 28.5 Å². The summed E-state index contributed by atoms with van der Waals surface area (Å²) >= 11 is 0. The van der Waals surface area contributed by atoms with Gasteiger partial charge in [0, 0.05) is 56.5 Å². The molecule has 3 aromatic carbocycles. The number of nitrogens with zero attached hydrogens (tertiary/aromatic N) is 7. The van der Waals surface area contributed by atoms with Crippen LogP contribution in [0.4, 0.5) is 0 Å². The second kappa shape index (κ2) is 9.95. The van der Waals surface area contributed by atoms with Crippen LogP contribution >= 0.6 is 0 Å². The smallest absolute Gasteiger partial charge is 0.146 e. The van der Waals surface area contributed by atoms with Gasteiger partial charge in [0.25, 0.3) is 0 Å². The van der Waals surface area contributed by atoms with Crippen molar-refractivity contribution in [1.82, 2.24) is 34.5 Å². The van der Waals surface area contributed by atoms with E-state index in [0.717, 1.165) is 94.0 Å². The number of rotatable bonds is 3. The maximum Gasteiger partial charge on any atom is 0.146 e. The molecule has 7 heterocycles. The van der Waals surface area contributed by atoms with Crippen LogP contribution < -0.4 is 0 Å². The van der Waals surface area contributed by atoms with Gasteiger partial charge in [-0.05, 0) is 66.7 Å². The Morgan fingerprint density at radius 2 is 1.02 bits per heavy atom. The predicted molar refractivity (Wildman–Crippen MR) is 188 cm³/mol. The summed E-state index contributed by atoms with van der Waals surface area (Å²) in [6.07, 6.45) is 5.46. The van der Waals surface area contributed by atoms with Crippen molar-refractivity contribution in [1.29, 1.82) is 0 Å². The highest BCUT2D eigenvalue weighted by Crippen LogP contribution is 2.35. The van der Waals surface area contributed by atoms with E-state index in [1.165, 1.54) is 0 Å². The Hall–Kier alpha value is -6.60. The molecule has 0 unspecified atom stereocenters. The Bertz CT molecular complexity index is 2870. The van der Waals surface area contributed by atoms with Crippen molar-refractivity contribution in [3.05, 3.63) is 140 Å². The highest BCUT2D eigenvalue weighted by molar-refractivity contribution is 6.09. The summed E-state index contributed by atoms with van der Waals surface area (Å²) in [5, 5.41) is 6.36. The maximum absolute atomic E-state index is 5.15. The first-order valence-corrected chi connectivity index (χ1v) is 15.4. The second-order valence-electron chi connectivity index (χ2n) is 11.6. The minimum Gasteiger partial charge on any atom is -0.278 e. The summed E-state index contributed by atoms with van der Waals surface area (Å²) in [5.41, 5.74) is 8.90. The molecule has 10 aromatic rings. The third kappa shape index (κ3) is 4.00. The Morgan fingerprint density at radius 1 is 0.404 bits per heavy atom. The average Bonchev–Trinajstić information content (AvgIpc) is 3.48. The number of benzene rings is 3. The van der Waals surface area contributed by atoms with Crippen LogP contribution in [0.1, 0.15) is 0 Å². The van der Waals surface area contributed by atoms with Crippen LogP contribution in [0.2, 0.25) is 0 Å². The van der Waals surface area contributed by atoms with Gasteiger partial charge in [-0.15, -0.1) is 0 Å². The van der Waals surface area contributed by atoms with Crippen molar-refractivity contribution >= 4 is 65.5 Å². The highest BCUT2D eigenvalue weighted by atomic mass is 15.1. The van der Waals surface area contributed by atoms with Gasteiger partial charge in [0.2, 0.25) is 0 Å². The topological polar surface area (TPSA) is 82.3 Å². The molecule has 7 aromatic heterocycles. The Morgan fingerprint density at radius 3 is 1.81 bits per heavy atom. The van der Waals surface area contributed by atoms with Crippen LogP contribution in [-0.4, -0.2) is 34.5 Å². The summed E-state index contributed by atoms with van der Waals surface area (Å²) < 4.78 is 2.14. The molecule has 0 amide bonds. The van der Waals surface area contributed by atoms with Gasteiger partial charge in [0.15, 0.2) is 0 Å². The molecule has 10 rings (SSSR count). The van der Waals surface area contributed by atoms with Gasteiger partial charge in [-0.2, -0.15) is 0 Å². The molecule has 0 saturated carbocycles. The van der Waals surface area contributed by atoms with E-state index in [1.807, 2.05) is 61.1 Å². The van der Waals surface area contributed by atoms with Crippen LogP contribution in [0.25, 0.3) is 94.0 Å². The van der Waals surface area contributed by atoms with E-state index in [0.29, 0.717) is 0 Å². The summed E-state index contributed by atoms with van der Waals surface area (Å²) in [4.78, 5) is 29.4. The number of hydrogen-bond acceptors (Lipinski definition) is 6. The molecule has 0 bridgehead atoms. The van der Waals surface area contributed by atoms with Gasteiger partial charge in [-0.1, -0.05) is 54.6 Å². The van der Waals surface area contributed by atoms with E-state index in [9.17, 15) is 0 Å². The number of pyridine rings is 6. The SMILES string of the molecule is c1cc(-c2ccc3c(c2)c2cccnc2n3-c2ccc3ccc4cccnc4c3n2)nc(-c2ccc3ccc4cccnc4c3n2)c1. The van der Waals surface area contributed by atoms with E-state index in [4.69, 9.17) is 19.9 Å². The summed E-state index contributed by atoms with van der Waals surface area (Å²) in [7, 11) is 0. The van der Waals surface area contributed by atoms with Crippen LogP contribution in [0.15, 0.2) is 140 Å². The zero-order valence-corrected chi connectivity index (χ0v) is 24.9. The molecular formula is C40H23N7. The fraction of sp³-hybridized carbons (Fsp3) is 0. The van der Waals surface area contributed by atoms with Gasteiger partial charge in [0.05, 0.1) is 44.7 Å². The van der Waals surface area contributed by atoms with Gasteiger partial charge in [0.1, 0.15) is 11.5 Å². The lowest BCUT2D eigenvalue weighted by Crippen LogP contribution is -1.99. The number of aromatic nitrogens is 7. The quantitative estimate of drug-likeness (QED) is 0.188. The normalized spacial score (nSPS) is 11.8. The zero-order chi connectivity index (χ0) is 30.9. The summed E-state index contributed by atoms with van der Waals surface area (Å²) in [6.45, 7) is 0. The largest absolute Gasteiger partial charge is 0.278 e. The molecule has 0 fully saturated rings. The van der Waals surface area contributed by atoms with Crippen molar-refractivity contribution in [2.24, 2.45) is 0 Å². The van der Waals surface area contributed by atoms with Crippen LogP contribution in [0, 0.1) is 0 Å². The van der Waals surface area contributed by atoms with E-state index in [2.05, 4.69) is 93.4 Å². The minimum atomic E-state index is 0.798. The number of fused-ring (bicyclic) bond motifs is 9. The second-order valence-corrected chi connectivity index (χ2v) is 11.6. The average molecular weight is 602 g/mol. The molecule has 47 heavy (non-hydrogen) atoms. The highest BCUT2D eigenvalue weighted by Gasteiger charge is 2.17. The maximum atomic E-state index is 5.15. The minimum absolute atomic E-state index is 0.798. The fourth-order valence-electron chi connectivity index (χ4n) is 6.68. The summed E-state index contributed by atoms with van der Waals surface area (Å²) in [5.74, 6) is 0.798. The molecule has 7 nitrogen and oxygen atoms in total. The molecule has 0 aliphatic rings. The van der Waals surface area contributed by atoms with E-state index in [1.54, 1.807) is 0 Å². The number of hydrogen-bond donors (Lipinski definition) is 0. The van der Waals surface area contributed by atoms with E-state index >= 15 is 0 Å². The van der Waals surface area contributed by atoms with Gasteiger partial charge in [-0.3, -0.25) is 14.5 Å². The third-order valence-corrected chi connectivity index (χ3v) is 8.91. The lowest BCUT2D eigenvalue weighted by molar-refractivity contribution is 1.07. The van der Waals surface area contributed by atoms with Gasteiger partial charge in [-0.25, -0.2) is 19.9 Å². The van der Waals surface area contributed by atoms with Crippen LogP contribution in [-0.2, 0) is 0 Å². The molecule has 218 valence electrons. The van der Waals surface area contributed by atoms with Gasteiger partial charge < -0.3 is 0 Å². The van der Waals surface area contributed by atoms with E-state index < -0.39 is 0 Å². The first-order chi connectivity index (χ1) is 23.3. The molecule has 0 N–H and O–H groups in total. The van der Waals surface area contributed by atoms with Gasteiger partial charge >= 0.3 is 0 Å². The molecule has 0 saturated heterocycles. The van der Waals surface area contributed by atoms with E-state index in [-0.39, 0.29) is 0 Å². The Balaban J connectivity index is 1.12. The first kappa shape index (κ1) is 25.7. The predicted octanol–water partition coefficient (Wildman–Crippen LogP) is 9.10. The standard InChI is InChI=1S/C40H23N7/c1-8-31(44-32(9-1)33-17-14-26-12-10-24-5-2-20-41-36(24)38(26)45-33)28-15-18-34-30(23-28)29-7-4-22-43-40(29)47(34)35-19-16-27-13-11-25-6-3-21-42-37(25)39(27)46-35/h1-23H. The fourth-order valence-corrected chi connectivity index (χ4v) is 6.68.